The van der Waals surface area contributed by atoms with Gasteiger partial charge in [-0.25, -0.2) is 0 Å². The van der Waals surface area contributed by atoms with Gasteiger partial charge in [0.25, 0.3) is 0 Å². The number of benzene rings is 2. The van der Waals surface area contributed by atoms with E-state index in [1.165, 1.54) is 0 Å². The molecule has 0 atom stereocenters. The zero-order valence-electron chi connectivity index (χ0n) is 15.4. The van der Waals surface area contributed by atoms with Gasteiger partial charge in [-0.2, -0.15) is 5.26 Å². The van der Waals surface area contributed by atoms with E-state index >= 15 is 0 Å². The zero-order chi connectivity index (χ0) is 19.9. The lowest BCUT2D eigenvalue weighted by atomic mass is 10.2. The number of thiocyanates is 1. The number of ether oxygens (including phenoxy) is 1. The minimum Gasteiger partial charge on any atom is -0.495 e. The molecular formula is C20H20N4O3S. The molecule has 144 valence electrons. The number of para-hydroxylation sites is 2. The van der Waals surface area contributed by atoms with Crippen molar-refractivity contribution < 1.29 is 14.3 Å². The fraction of sp³-hybridized carbons (Fsp3) is 0.250. The lowest BCUT2D eigenvalue weighted by Crippen LogP contribution is -2.51. The van der Waals surface area contributed by atoms with Gasteiger partial charge in [-0.1, -0.05) is 12.1 Å². The maximum Gasteiger partial charge on any atom is 0.313 e. The van der Waals surface area contributed by atoms with E-state index in [1.807, 2.05) is 29.7 Å². The summed E-state index contributed by atoms with van der Waals surface area (Å²) in [4.78, 5) is 29.2. The van der Waals surface area contributed by atoms with Crippen molar-refractivity contribution in [2.45, 2.75) is 4.90 Å². The van der Waals surface area contributed by atoms with Crippen LogP contribution in [0.1, 0.15) is 0 Å². The number of nitrogens with one attached hydrogen (secondary N) is 1. The molecule has 7 nitrogen and oxygen atoms in total. The summed E-state index contributed by atoms with van der Waals surface area (Å²) in [6.07, 6.45) is 0. The lowest BCUT2D eigenvalue weighted by Gasteiger charge is -2.36. The van der Waals surface area contributed by atoms with Crippen LogP contribution in [0.25, 0.3) is 0 Å². The Bertz CT molecular complexity index is 887. The molecule has 0 radical (unpaired) electrons. The minimum absolute atomic E-state index is 0.460. The molecule has 3 rings (SSSR count). The quantitative estimate of drug-likeness (QED) is 0.486. The number of anilines is 2. The molecule has 1 aliphatic rings. The van der Waals surface area contributed by atoms with Crippen LogP contribution in [0.15, 0.2) is 53.4 Å². The molecular weight excluding hydrogens is 376 g/mol. The topological polar surface area (TPSA) is 85.7 Å². The predicted molar refractivity (Wildman–Crippen MR) is 108 cm³/mol. The van der Waals surface area contributed by atoms with E-state index in [2.05, 4.69) is 10.2 Å². The zero-order valence-corrected chi connectivity index (χ0v) is 16.2. The number of rotatable bonds is 4. The van der Waals surface area contributed by atoms with Gasteiger partial charge in [0.05, 0.1) is 12.8 Å². The molecule has 0 saturated carbocycles. The molecule has 1 saturated heterocycles. The van der Waals surface area contributed by atoms with Crippen LogP contribution >= 0.6 is 11.8 Å². The third kappa shape index (κ3) is 4.56. The maximum absolute atomic E-state index is 12.5. The number of nitrogens with zero attached hydrogens (tertiary/aromatic N) is 3. The number of thioether (sulfide) groups is 1. The van der Waals surface area contributed by atoms with Crippen molar-refractivity contribution in [3.63, 3.8) is 0 Å². The fourth-order valence-corrected chi connectivity index (χ4v) is 3.41. The minimum atomic E-state index is -0.661. The highest BCUT2D eigenvalue weighted by atomic mass is 32.2. The van der Waals surface area contributed by atoms with Crippen molar-refractivity contribution in [3.05, 3.63) is 48.5 Å². The lowest BCUT2D eigenvalue weighted by molar-refractivity contribution is -0.143. The van der Waals surface area contributed by atoms with Crippen molar-refractivity contribution in [1.82, 2.24) is 4.90 Å². The van der Waals surface area contributed by atoms with Crippen LogP contribution in [0.5, 0.6) is 5.75 Å². The number of amides is 2. The molecule has 0 unspecified atom stereocenters. The number of hydrogen-bond acceptors (Lipinski definition) is 6. The van der Waals surface area contributed by atoms with Crippen molar-refractivity contribution >= 4 is 35.0 Å². The second kappa shape index (κ2) is 9.15. The van der Waals surface area contributed by atoms with Gasteiger partial charge in [-0.05, 0) is 48.2 Å². The second-order valence-electron chi connectivity index (χ2n) is 6.12. The van der Waals surface area contributed by atoms with Gasteiger partial charge in [0.15, 0.2) is 0 Å². The molecule has 2 amide bonds. The van der Waals surface area contributed by atoms with Gasteiger partial charge >= 0.3 is 11.8 Å². The Labute approximate surface area is 167 Å². The third-order valence-electron chi connectivity index (χ3n) is 4.46. The van der Waals surface area contributed by atoms with Crippen molar-refractivity contribution in [1.29, 1.82) is 5.26 Å². The standard InChI is InChI=1S/C20H20N4O3S/c1-27-18-5-3-2-4-17(18)23-10-12-24(13-11-23)20(26)19(25)22-15-6-8-16(9-7-15)28-14-21/h2-9H,10-13H2,1H3,(H,22,25). The van der Waals surface area contributed by atoms with E-state index in [0.29, 0.717) is 31.9 Å². The van der Waals surface area contributed by atoms with Crippen molar-refractivity contribution in [2.24, 2.45) is 0 Å². The monoisotopic (exact) mass is 396 g/mol. The number of carbonyl (C=O) groups excluding carboxylic acids is 2. The summed E-state index contributed by atoms with van der Waals surface area (Å²) in [5, 5.41) is 13.3. The average Bonchev–Trinajstić information content (AvgIpc) is 2.75. The number of methoxy groups -OCH3 is 1. The van der Waals surface area contributed by atoms with Gasteiger partial charge in [0, 0.05) is 36.8 Å². The van der Waals surface area contributed by atoms with Crippen LogP contribution in [-0.2, 0) is 9.59 Å². The summed E-state index contributed by atoms with van der Waals surface area (Å²) in [6, 6.07) is 14.5. The fourth-order valence-electron chi connectivity index (χ4n) is 3.03. The predicted octanol–water partition coefficient (Wildman–Crippen LogP) is 2.56. The van der Waals surface area contributed by atoms with Crippen LogP contribution < -0.4 is 15.0 Å². The first kappa shape index (κ1) is 19.6. The third-order valence-corrected chi connectivity index (χ3v) is 5.06. The van der Waals surface area contributed by atoms with Gasteiger partial charge in [0.1, 0.15) is 11.2 Å². The Morgan fingerprint density at radius 2 is 1.75 bits per heavy atom. The summed E-state index contributed by atoms with van der Waals surface area (Å²) in [7, 11) is 1.63. The Kier molecular flexibility index (Phi) is 6.40. The van der Waals surface area contributed by atoms with E-state index in [0.717, 1.165) is 28.1 Å². The first-order valence-electron chi connectivity index (χ1n) is 8.76. The highest BCUT2D eigenvalue weighted by molar-refractivity contribution is 8.03. The van der Waals surface area contributed by atoms with Gasteiger partial charge in [0.2, 0.25) is 0 Å². The second-order valence-corrected chi connectivity index (χ2v) is 6.98. The number of nitriles is 1. The van der Waals surface area contributed by atoms with Gasteiger partial charge in [-0.3, -0.25) is 9.59 Å². The normalized spacial score (nSPS) is 13.6. The van der Waals surface area contributed by atoms with Crippen LogP contribution in [0.3, 0.4) is 0 Å². The largest absolute Gasteiger partial charge is 0.495 e. The Balaban J connectivity index is 1.55. The summed E-state index contributed by atoms with van der Waals surface area (Å²) >= 11 is 1.04. The van der Waals surface area contributed by atoms with Crippen molar-refractivity contribution in [3.8, 4) is 11.2 Å². The Morgan fingerprint density at radius 3 is 2.39 bits per heavy atom. The van der Waals surface area contributed by atoms with E-state index in [1.54, 1.807) is 36.3 Å². The summed E-state index contributed by atoms with van der Waals surface area (Å²) in [6.45, 7) is 2.17. The van der Waals surface area contributed by atoms with E-state index in [9.17, 15) is 9.59 Å². The van der Waals surface area contributed by atoms with Crippen LogP contribution in [0, 0.1) is 10.7 Å². The SMILES string of the molecule is COc1ccccc1N1CCN(C(=O)C(=O)Nc2ccc(SC#N)cc2)CC1. The molecule has 0 aromatic heterocycles. The molecule has 28 heavy (non-hydrogen) atoms. The van der Waals surface area contributed by atoms with E-state index in [4.69, 9.17) is 10.00 Å². The van der Waals surface area contributed by atoms with E-state index < -0.39 is 11.8 Å². The molecule has 2 aromatic rings. The van der Waals surface area contributed by atoms with Crippen LogP contribution in [-0.4, -0.2) is 50.0 Å². The highest BCUT2D eigenvalue weighted by Crippen LogP contribution is 2.28. The molecule has 0 aliphatic carbocycles. The maximum atomic E-state index is 12.5. The average molecular weight is 396 g/mol. The van der Waals surface area contributed by atoms with Crippen molar-refractivity contribution in [2.75, 3.05) is 43.5 Å². The van der Waals surface area contributed by atoms with Gasteiger partial charge < -0.3 is 19.9 Å². The molecule has 8 heteroatoms. The number of piperazine rings is 1. The van der Waals surface area contributed by atoms with E-state index in [-0.39, 0.29) is 0 Å². The molecule has 1 heterocycles. The van der Waals surface area contributed by atoms with Gasteiger partial charge in [-0.15, -0.1) is 0 Å². The molecule has 1 N–H and O–H groups in total. The summed E-state index contributed by atoms with van der Waals surface area (Å²) in [5.74, 6) is -0.417. The Hall–Kier alpha value is -3.18. The molecule has 0 spiro atoms. The molecule has 1 aliphatic heterocycles. The summed E-state index contributed by atoms with van der Waals surface area (Å²) in [5.41, 5.74) is 1.50. The molecule has 1 fully saturated rings. The Morgan fingerprint density at radius 1 is 1.07 bits per heavy atom. The first-order valence-corrected chi connectivity index (χ1v) is 9.58. The van der Waals surface area contributed by atoms with Crippen LogP contribution in [0.2, 0.25) is 0 Å². The first-order chi connectivity index (χ1) is 13.6. The smallest absolute Gasteiger partial charge is 0.313 e. The number of carbonyl (C=O) groups is 2. The molecule has 2 aromatic carbocycles. The molecule has 0 bridgehead atoms. The number of hydrogen-bond donors (Lipinski definition) is 1. The van der Waals surface area contributed by atoms with Crippen LogP contribution in [0.4, 0.5) is 11.4 Å². The summed E-state index contributed by atoms with van der Waals surface area (Å²) < 4.78 is 5.40. The highest BCUT2D eigenvalue weighted by Gasteiger charge is 2.27.